The van der Waals surface area contributed by atoms with Crippen LogP contribution in [-0.4, -0.2) is 23.2 Å². The monoisotopic (exact) mass is 281 g/mol. The average molecular weight is 281 g/mol. The highest BCUT2D eigenvalue weighted by molar-refractivity contribution is 5.24. The van der Waals surface area contributed by atoms with Crippen LogP contribution in [0.5, 0.6) is 0 Å². The van der Waals surface area contributed by atoms with E-state index in [0.717, 1.165) is 6.54 Å². The Balaban J connectivity index is 1.90. The van der Waals surface area contributed by atoms with Crippen molar-refractivity contribution in [3.05, 3.63) is 71.8 Å². The van der Waals surface area contributed by atoms with E-state index in [-0.39, 0.29) is 6.61 Å². The Hall–Kier alpha value is -1.64. The highest BCUT2D eigenvalue weighted by Gasteiger charge is 2.31. The number of piperidine rings is 1. The third kappa shape index (κ3) is 3.17. The van der Waals surface area contributed by atoms with E-state index in [0.29, 0.717) is 12.1 Å². The van der Waals surface area contributed by atoms with Gasteiger partial charge in [-0.1, -0.05) is 60.7 Å². The number of benzene rings is 2. The van der Waals surface area contributed by atoms with Gasteiger partial charge in [0.2, 0.25) is 0 Å². The lowest BCUT2D eigenvalue weighted by molar-refractivity contribution is 0.0616. The van der Waals surface area contributed by atoms with Crippen LogP contribution in [0.15, 0.2) is 60.7 Å². The van der Waals surface area contributed by atoms with Crippen molar-refractivity contribution in [2.24, 2.45) is 0 Å². The minimum atomic E-state index is 0.215. The van der Waals surface area contributed by atoms with Crippen LogP contribution in [0.2, 0.25) is 0 Å². The molecule has 1 fully saturated rings. The van der Waals surface area contributed by atoms with Crippen LogP contribution in [0, 0.1) is 0 Å². The topological polar surface area (TPSA) is 23.5 Å². The molecule has 21 heavy (non-hydrogen) atoms. The molecule has 3 rings (SSSR count). The van der Waals surface area contributed by atoms with Gasteiger partial charge in [0.05, 0.1) is 6.61 Å². The van der Waals surface area contributed by atoms with Gasteiger partial charge in [-0.25, -0.2) is 0 Å². The van der Waals surface area contributed by atoms with Crippen LogP contribution in [0.1, 0.15) is 42.5 Å². The second kappa shape index (κ2) is 6.88. The summed E-state index contributed by atoms with van der Waals surface area (Å²) in [6.07, 6.45) is 3.59. The minimum absolute atomic E-state index is 0.215. The number of rotatable bonds is 4. The normalized spacial score (nSPS) is 23.1. The molecule has 1 N–H and O–H groups in total. The second-order valence-electron chi connectivity index (χ2n) is 5.75. The summed E-state index contributed by atoms with van der Waals surface area (Å²) in [6.45, 7) is 0.950. The van der Waals surface area contributed by atoms with Gasteiger partial charge in [0, 0.05) is 18.6 Å². The number of likely N-dealkylation sites (tertiary alicyclic amines) is 1. The quantitative estimate of drug-likeness (QED) is 0.917. The molecular formula is C19H23NO. The van der Waals surface area contributed by atoms with E-state index in [9.17, 15) is 5.11 Å². The Morgan fingerprint density at radius 2 is 1.29 bits per heavy atom. The first-order valence-corrected chi connectivity index (χ1v) is 7.86. The van der Waals surface area contributed by atoms with Crippen LogP contribution in [0.3, 0.4) is 0 Å². The molecule has 2 aromatic rings. The summed E-state index contributed by atoms with van der Waals surface area (Å²) in [6, 6.07) is 22.2. The molecule has 1 saturated heterocycles. The molecule has 0 aromatic heterocycles. The van der Waals surface area contributed by atoms with Gasteiger partial charge in [0.1, 0.15) is 0 Å². The van der Waals surface area contributed by atoms with Crippen molar-refractivity contribution in [2.45, 2.75) is 31.3 Å². The first-order valence-electron chi connectivity index (χ1n) is 7.86. The number of nitrogens with zero attached hydrogens (tertiary/aromatic N) is 1. The van der Waals surface area contributed by atoms with E-state index in [4.69, 9.17) is 0 Å². The molecule has 2 heteroatoms. The zero-order chi connectivity index (χ0) is 14.5. The van der Waals surface area contributed by atoms with Crippen LogP contribution >= 0.6 is 0 Å². The van der Waals surface area contributed by atoms with Crippen LogP contribution < -0.4 is 0 Å². The van der Waals surface area contributed by atoms with Crippen molar-refractivity contribution in [1.82, 2.24) is 4.90 Å². The van der Waals surface area contributed by atoms with Crippen molar-refractivity contribution in [2.75, 3.05) is 13.2 Å². The van der Waals surface area contributed by atoms with Crippen molar-refractivity contribution in [3.63, 3.8) is 0 Å². The largest absolute Gasteiger partial charge is 0.395 e. The van der Waals surface area contributed by atoms with Crippen LogP contribution in [0.25, 0.3) is 0 Å². The Morgan fingerprint density at radius 3 is 1.71 bits per heavy atom. The molecule has 0 aliphatic carbocycles. The van der Waals surface area contributed by atoms with E-state index < -0.39 is 0 Å². The third-order valence-electron chi connectivity index (χ3n) is 4.48. The fourth-order valence-corrected chi connectivity index (χ4v) is 3.55. The van der Waals surface area contributed by atoms with E-state index in [1.165, 1.54) is 30.4 Å². The Kier molecular flexibility index (Phi) is 4.69. The molecule has 1 aliphatic rings. The molecule has 2 nitrogen and oxygen atoms in total. The lowest BCUT2D eigenvalue weighted by atomic mass is 9.87. The van der Waals surface area contributed by atoms with Gasteiger partial charge in [0.15, 0.2) is 0 Å². The maximum atomic E-state index is 9.51. The van der Waals surface area contributed by atoms with Gasteiger partial charge in [-0.2, -0.15) is 0 Å². The Morgan fingerprint density at radius 1 is 0.810 bits per heavy atom. The predicted molar refractivity (Wildman–Crippen MR) is 86.0 cm³/mol. The number of hydrogen-bond acceptors (Lipinski definition) is 2. The molecule has 0 radical (unpaired) electrons. The predicted octanol–water partition coefficient (Wildman–Crippen LogP) is 3.95. The zero-order valence-electron chi connectivity index (χ0n) is 12.4. The number of hydrogen-bond donors (Lipinski definition) is 1. The van der Waals surface area contributed by atoms with Crippen molar-refractivity contribution < 1.29 is 5.11 Å². The fraction of sp³-hybridized carbons (Fsp3) is 0.368. The van der Waals surface area contributed by atoms with Crippen molar-refractivity contribution >= 4 is 0 Å². The molecule has 2 unspecified atom stereocenters. The molecule has 110 valence electrons. The Labute approximate surface area is 127 Å². The minimum Gasteiger partial charge on any atom is -0.395 e. The SMILES string of the molecule is OCCN1C(c2ccccc2)CCCC1c1ccccc1. The van der Waals surface area contributed by atoms with Crippen LogP contribution in [-0.2, 0) is 0 Å². The first-order chi connectivity index (χ1) is 10.4. The number of aliphatic hydroxyl groups excluding tert-OH is 1. The van der Waals surface area contributed by atoms with Crippen molar-refractivity contribution in [3.8, 4) is 0 Å². The lowest BCUT2D eigenvalue weighted by Gasteiger charge is -2.42. The lowest BCUT2D eigenvalue weighted by Crippen LogP contribution is -2.38. The maximum absolute atomic E-state index is 9.51. The summed E-state index contributed by atoms with van der Waals surface area (Å²) in [5, 5.41) is 9.51. The van der Waals surface area contributed by atoms with Gasteiger partial charge in [-0.05, 0) is 30.4 Å². The molecule has 0 saturated carbocycles. The highest BCUT2D eigenvalue weighted by Crippen LogP contribution is 2.41. The molecule has 2 aromatic carbocycles. The third-order valence-corrected chi connectivity index (χ3v) is 4.48. The molecule has 0 spiro atoms. The first kappa shape index (κ1) is 14.3. The summed E-state index contributed by atoms with van der Waals surface area (Å²) < 4.78 is 0. The number of aliphatic hydroxyl groups is 1. The summed E-state index contributed by atoms with van der Waals surface area (Å²) >= 11 is 0. The van der Waals surface area contributed by atoms with Crippen LogP contribution in [0.4, 0.5) is 0 Å². The van der Waals surface area contributed by atoms with Gasteiger partial charge < -0.3 is 5.11 Å². The van der Waals surface area contributed by atoms with Gasteiger partial charge in [0.25, 0.3) is 0 Å². The summed E-state index contributed by atoms with van der Waals surface area (Å²) in [5.74, 6) is 0. The summed E-state index contributed by atoms with van der Waals surface area (Å²) in [5.41, 5.74) is 2.73. The summed E-state index contributed by atoms with van der Waals surface area (Å²) in [7, 11) is 0. The van der Waals surface area contributed by atoms with E-state index in [1.54, 1.807) is 0 Å². The molecule has 2 atom stereocenters. The fourth-order valence-electron chi connectivity index (χ4n) is 3.55. The summed E-state index contributed by atoms with van der Waals surface area (Å²) in [4.78, 5) is 2.48. The molecular weight excluding hydrogens is 258 g/mol. The van der Waals surface area contributed by atoms with E-state index in [2.05, 4.69) is 65.6 Å². The molecule has 1 heterocycles. The van der Waals surface area contributed by atoms with E-state index >= 15 is 0 Å². The van der Waals surface area contributed by atoms with E-state index in [1.807, 2.05) is 0 Å². The molecule has 0 amide bonds. The smallest absolute Gasteiger partial charge is 0.0558 e. The maximum Gasteiger partial charge on any atom is 0.0558 e. The van der Waals surface area contributed by atoms with Gasteiger partial charge in [-0.3, -0.25) is 4.90 Å². The standard InChI is InChI=1S/C19H23NO/c21-15-14-20-18(16-8-3-1-4-9-16)12-7-13-19(20)17-10-5-2-6-11-17/h1-6,8-11,18-19,21H,7,12-15H2. The molecule has 0 bridgehead atoms. The van der Waals surface area contributed by atoms with Gasteiger partial charge in [-0.15, -0.1) is 0 Å². The molecule has 1 aliphatic heterocycles. The average Bonchev–Trinajstić information content (AvgIpc) is 2.57. The van der Waals surface area contributed by atoms with Crippen molar-refractivity contribution in [1.29, 1.82) is 0 Å². The zero-order valence-corrected chi connectivity index (χ0v) is 12.4. The van der Waals surface area contributed by atoms with Gasteiger partial charge >= 0.3 is 0 Å². The Bertz CT molecular complexity index is 493. The highest BCUT2D eigenvalue weighted by atomic mass is 16.3. The number of β-amino-alcohol motifs (C(OH)–C–C–N with tert-alkyl or cyclic N) is 1. The second-order valence-corrected chi connectivity index (χ2v) is 5.75.